The largest absolute Gasteiger partial charge is 0.432 e. The zero-order valence-electron chi connectivity index (χ0n) is 12.3. The van der Waals surface area contributed by atoms with E-state index in [2.05, 4.69) is 6.92 Å². The van der Waals surface area contributed by atoms with Crippen LogP contribution in [0.2, 0.25) is 0 Å². The highest BCUT2D eigenvalue weighted by atomic mass is 17.3. The molecule has 4 saturated heterocycles. The van der Waals surface area contributed by atoms with Gasteiger partial charge < -0.3 is 9.47 Å². The maximum absolute atomic E-state index is 12.1. The zero-order valence-corrected chi connectivity index (χ0v) is 12.3. The molecule has 4 aliphatic heterocycles. The van der Waals surface area contributed by atoms with E-state index in [1.165, 1.54) is 0 Å². The number of esters is 1. The van der Waals surface area contributed by atoms with Crippen LogP contribution in [0.25, 0.3) is 0 Å². The van der Waals surface area contributed by atoms with Crippen LogP contribution in [0.5, 0.6) is 0 Å². The molecule has 5 fully saturated rings. The molecule has 5 aliphatic rings. The van der Waals surface area contributed by atoms with E-state index in [1.807, 2.05) is 13.8 Å². The summed E-state index contributed by atoms with van der Waals surface area (Å²) in [5.41, 5.74) is -0.610. The molecule has 5 heteroatoms. The Bertz CT molecular complexity index is 452. The lowest BCUT2D eigenvalue weighted by atomic mass is 9.58. The topological polar surface area (TPSA) is 54.0 Å². The zero-order chi connectivity index (χ0) is 14.1. The van der Waals surface area contributed by atoms with Crippen LogP contribution in [0, 0.1) is 23.7 Å². The summed E-state index contributed by atoms with van der Waals surface area (Å²) >= 11 is 0. The molecule has 1 saturated carbocycles. The minimum atomic E-state index is -0.793. The normalized spacial score (nSPS) is 57.8. The van der Waals surface area contributed by atoms with Crippen LogP contribution in [-0.2, 0) is 24.0 Å². The van der Waals surface area contributed by atoms with Crippen LogP contribution < -0.4 is 0 Å². The van der Waals surface area contributed by atoms with Crippen LogP contribution in [0.3, 0.4) is 0 Å². The highest BCUT2D eigenvalue weighted by molar-refractivity contribution is 5.74. The minimum absolute atomic E-state index is 0.123. The monoisotopic (exact) mass is 282 g/mol. The van der Waals surface area contributed by atoms with Crippen LogP contribution in [0.15, 0.2) is 0 Å². The van der Waals surface area contributed by atoms with Gasteiger partial charge in [-0.05, 0) is 32.1 Å². The third-order valence-electron chi connectivity index (χ3n) is 5.97. The van der Waals surface area contributed by atoms with Gasteiger partial charge in [0.05, 0.1) is 5.92 Å². The van der Waals surface area contributed by atoms with Crippen molar-refractivity contribution in [2.75, 3.05) is 0 Å². The van der Waals surface area contributed by atoms with Crippen molar-refractivity contribution >= 4 is 5.97 Å². The fraction of sp³-hybridized carbons (Fsp3) is 0.933. The number of rotatable bonds is 0. The predicted octanol–water partition coefficient (Wildman–Crippen LogP) is 2.39. The average Bonchev–Trinajstić information content (AvgIpc) is 2.63. The van der Waals surface area contributed by atoms with Gasteiger partial charge in [-0.15, -0.1) is 0 Å². The lowest BCUT2D eigenvalue weighted by molar-refractivity contribution is -0.559. The summed E-state index contributed by atoms with van der Waals surface area (Å²) in [6.07, 6.45) is 3.24. The molecule has 1 aliphatic carbocycles. The predicted molar refractivity (Wildman–Crippen MR) is 68.0 cm³/mol. The van der Waals surface area contributed by atoms with Gasteiger partial charge in [-0.3, -0.25) is 4.79 Å². The standard InChI is InChI=1S/C15H22O5/c1-8-4-5-11-9(2)12(16)17-13-15(11)10(8)6-7-14(3,18-13)19-20-15/h8-11,13H,4-7H2,1-3H3/t8-,9-,10+,11+,13?,14+,15-/m1/s1. The Labute approximate surface area is 118 Å². The SMILES string of the molecule is C[C@@H]1CC[C@H]2[C@@H](C)C(=O)OC3O[C@]4(C)CC[C@@H]1[C@]32OO4. The van der Waals surface area contributed by atoms with Crippen molar-refractivity contribution in [3.63, 3.8) is 0 Å². The van der Waals surface area contributed by atoms with Crippen LogP contribution in [0.4, 0.5) is 0 Å². The van der Waals surface area contributed by atoms with Crippen molar-refractivity contribution in [3.8, 4) is 0 Å². The second kappa shape index (κ2) is 3.96. The van der Waals surface area contributed by atoms with E-state index in [1.54, 1.807) is 0 Å². The van der Waals surface area contributed by atoms with E-state index >= 15 is 0 Å². The summed E-state index contributed by atoms with van der Waals surface area (Å²) in [6.45, 7) is 6.06. The Morgan fingerprint density at radius 3 is 2.70 bits per heavy atom. The fourth-order valence-electron chi connectivity index (χ4n) is 4.76. The molecule has 5 nitrogen and oxygen atoms in total. The fourth-order valence-corrected chi connectivity index (χ4v) is 4.76. The molecule has 112 valence electrons. The van der Waals surface area contributed by atoms with E-state index in [0.29, 0.717) is 11.8 Å². The van der Waals surface area contributed by atoms with Crippen molar-refractivity contribution in [2.45, 2.75) is 64.1 Å². The Morgan fingerprint density at radius 1 is 1.10 bits per heavy atom. The lowest BCUT2D eigenvalue weighted by Crippen LogP contribution is -2.69. The van der Waals surface area contributed by atoms with Crippen molar-refractivity contribution < 1.29 is 24.0 Å². The molecule has 4 heterocycles. The molecule has 0 aromatic rings. The van der Waals surface area contributed by atoms with Gasteiger partial charge in [0.15, 0.2) is 5.60 Å². The maximum Gasteiger partial charge on any atom is 0.311 e. The molecular formula is C15H22O5. The number of carbonyl (C=O) groups is 1. The Hall–Kier alpha value is -0.650. The number of ether oxygens (including phenoxy) is 2. The van der Waals surface area contributed by atoms with Crippen LogP contribution in [0.1, 0.15) is 46.5 Å². The molecule has 0 amide bonds. The second-order valence-corrected chi connectivity index (χ2v) is 7.14. The van der Waals surface area contributed by atoms with Gasteiger partial charge in [-0.25, -0.2) is 9.78 Å². The van der Waals surface area contributed by atoms with Gasteiger partial charge in [0.1, 0.15) is 0 Å². The van der Waals surface area contributed by atoms with Gasteiger partial charge in [-0.1, -0.05) is 13.8 Å². The number of carbonyl (C=O) groups excluding carboxylic acids is 1. The van der Waals surface area contributed by atoms with Crippen molar-refractivity contribution in [1.82, 2.24) is 0 Å². The summed E-state index contributed by atoms with van der Waals surface area (Å²) in [6, 6.07) is 0. The van der Waals surface area contributed by atoms with Gasteiger partial charge in [-0.2, -0.15) is 0 Å². The molecule has 0 radical (unpaired) electrons. The molecule has 0 N–H and O–H groups in total. The van der Waals surface area contributed by atoms with E-state index in [0.717, 1.165) is 25.7 Å². The molecule has 0 aromatic heterocycles. The van der Waals surface area contributed by atoms with Gasteiger partial charge >= 0.3 is 5.97 Å². The Morgan fingerprint density at radius 2 is 1.90 bits per heavy atom. The first-order chi connectivity index (χ1) is 9.46. The second-order valence-electron chi connectivity index (χ2n) is 7.14. The van der Waals surface area contributed by atoms with E-state index < -0.39 is 17.7 Å². The molecule has 2 bridgehead atoms. The summed E-state index contributed by atoms with van der Waals surface area (Å²) < 4.78 is 11.6. The van der Waals surface area contributed by atoms with E-state index in [4.69, 9.17) is 19.2 Å². The Balaban J connectivity index is 1.84. The highest BCUT2D eigenvalue weighted by Crippen LogP contribution is 2.59. The van der Waals surface area contributed by atoms with Crippen LogP contribution in [-0.4, -0.2) is 23.6 Å². The van der Waals surface area contributed by atoms with Gasteiger partial charge in [0.25, 0.3) is 0 Å². The molecule has 0 aromatic carbocycles. The van der Waals surface area contributed by atoms with Gasteiger partial charge in [0, 0.05) is 18.3 Å². The Kier molecular flexibility index (Phi) is 2.58. The lowest BCUT2D eigenvalue weighted by Gasteiger charge is -2.57. The molecule has 1 spiro atoms. The average molecular weight is 282 g/mol. The minimum Gasteiger partial charge on any atom is -0.432 e. The van der Waals surface area contributed by atoms with Gasteiger partial charge in [0.2, 0.25) is 12.1 Å². The molecule has 5 rings (SSSR count). The quantitative estimate of drug-likeness (QED) is 0.504. The molecule has 7 atom stereocenters. The van der Waals surface area contributed by atoms with Crippen molar-refractivity contribution in [3.05, 3.63) is 0 Å². The van der Waals surface area contributed by atoms with Crippen molar-refractivity contribution in [2.24, 2.45) is 23.7 Å². The highest BCUT2D eigenvalue weighted by Gasteiger charge is 2.69. The van der Waals surface area contributed by atoms with E-state index in [9.17, 15) is 4.79 Å². The van der Waals surface area contributed by atoms with E-state index in [-0.39, 0.29) is 17.8 Å². The van der Waals surface area contributed by atoms with Crippen molar-refractivity contribution in [1.29, 1.82) is 0 Å². The third-order valence-corrected chi connectivity index (χ3v) is 5.97. The number of hydrogen-bond donors (Lipinski definition) is 0. The summed E-state index contributed by atoms with van der Waals surface area (Å²) in [4.78, 5) is 23.7. The summed E-state index contributed by atoms with van der Waals surface area (Å²) in [5, 5.41) is 0. The molecule has 1 unspecified atom stereocenters. The maximum atomic E-state index is 12.1. The summed E-state index contributed by atoms with van der Waals surface area (Å²) in [5.74, 6) is -0.137. The number of fused-ring (bicyclic) bond motifs is 2. The first-order valence-corrected chi connectivity index (χ1v) is 7.71. The summed E-state index contributed by atoms with van der Waals surface area (Å²) in [7, 11) is 0. The number of hydrogen-bond acceptors (Lipinski definition) is 5. The third kappa shape index (κ3) is 1.46. The molecule has 20 heavy (non-hydrogen) atoms. The smallest absolute Gasteiger partial charge is 0.311 e. The molecular weight excluding hydrogens is 260 g/mol. The van der Waals surface area contributed by atoms with Crippen LogP contribution >= 0.6 is 0 Å². The first kappa shape index (κ1) is 13.0. The first-order valence-electron chi connectivity index (χ1n) is 7.71.